The highest BCUT2D eigenvalue weighted by molar-refractivity contribution is 14.1. The van der Waals surface area contributed by atoms with Gasteiger partial charge in [0.1, 0.15) is 5.82 Å². The van der Waals surface area contributed by atoms with E-state index in [1.54, 1.807) is 6.07 Å². The van der Waals surface area contributed by atoms with Gasteiger partial charge in [0.2, 0.25) is 0 Å². The summed E-state index contributed by atoms with van der Waals surface area (Å²) < 4.78 is 13.7. The highest BCUT2D eigenvalue weighted by atomic mass is 127. The summed E-state index contributed by atoms with van der Waals surface area (Å²) in [6, 6.07) is 5.55. The smallest absolute Gasteiger partial charge is 0.127 e. The van der Waals surface area contributed by atoms with Crippen molar-refractivity contribution in [2.24, 2.45) is 0 Å². The lowest BCUT2D eigenvalue weighted by molar-refractivity contribution is 0.608. The van der Waals surface area contributed by atoms with Gasteiger partial charge in [-0.15, -0.1) is 0 Å². The average Bonchev–Trinajstić information content (AvgIpc) is 2.03. The van der Waals surface area contributed by atoms with Crippen molar-refractivity contribution in [2.75, 3.05) is 0 Å². The van der Waals surface area contributed by atoms with E-state index in [9.17, 15) is 4.39 Å². The Labute approximate surface area is 92.7 Å². The third-order valence-corrected chi connectivity index (χ3v) is 2.79. The normalized spacial score (nSPS) is 13.4. The summed E-state index contributed by atoms with van der Waals surface area (Å²) in [5.41, 5.74) is 1.86. The minimum absolute atomic E-state index is 0.0758. The minimum atomic E-state index is -0.0758. The Hall–Kier alpha value is -0.120. The lowest BCUT2D eigenvalue weighted by Gasteiger charge is -2.09. The maximum Gasteiger partial charge on any atom is 0.127 e. The number of benzene rings is 1. The standard InChI is InChI=1S/C11H14FI/c1-7(2)9-4-5-10(8(3)13)11(12)6-9/h4-8H,1-3H3. The molecule has 0 nitrogen and oxygen atoms in total. The van der Waals surface area contributed by atoms with Gasteiger partial charge in [0.05, 0.1) is 0 Å². The summed E-state index contributed by atoms with van der Waals surface area (Å²) >= 11 is 2.22. The number of halogens is 2. The Balaban J connectivity index is 3.06. The van der Waals surface area contributed by atoms with E-state index in [0.29, 0.717) is 5.92 Å². The maximum absolute atomic E-state index is 13.5. The zero-order valence-corrected chi connectivity index (χ0v) is 10.3. The van der Waals surface area contributed by atoms with Gasteiger partial charge in [0, 0.05) is 9.49 Å². The van der Waals surface area contributed by atoms with E-state index >= 15 is 0 Å². The fraction of sp³-hybridized carbons (Fsp3) is 0.455. The molecule has 72 valence electrons. The van der Waals surface area contributed by atoms with Crippen LogP contribution in [-0.2, 0) is 0 Å². The number of alkyl halides is 1. The molecule has 0 aliphatic carbocycles. The summed E-state index contributed by atoms with van der Waals surface area (Å²) in [6.45, 7) is 6.14. The second-order valence-electron chi connectivity index (χ2n) is 3.55. The topological polar surface area (TPSA) is 0 Å². The van der Waals surface area contributed by atoms with Crippen LogP contribution in [-0.4, -0.2) is 0 Å². The van der Waals surface area contributed by atoms with Crippen LogP contribution in [0.2, 0.25) is 0 Å². The molecule has 0 fully saturated rings. The first kappa shape index (κ1) is 11.0. The first-order valence-corrected chi connectivity index (χ1v) is 5.70. The Morgan fingerprint density at radius 3 is 2.23 bits per heavy atom. The zero-order valence-electron chi connectivity index (χ0n) is 8.14. The molecule has 0 amide bonds. The van der Waals surface area contributed by atoms with E-state index in [0.717, 1.165) is 11.1 Å². The van der Waals surface area contributed by atoms with Crippen LogP contribution < -0.4 is 0 Å². The number of rotatable bonds is 2. The van der Waals surface area contributed by atoms with Gasteiger partial charge in [-0.05, 0) is 24.5 Å². The van der Waals surface area contributed by atoms with E-state index in [-0.39, 0.29) is 9.74 Å². The quantitative estimate of drug-likeness (QED) is 0.558. The summed E-state index contributed by atoms with van der Waals surface area (Å²) in [4.78, 5) is 0. The van der Waals surface area contributed by atoms with Crippen LogP contribution in [0, 0.1) is 5.82 Å². The molecule has 0 saturated heterocycles. The van der Waals surface area contributed by atoms with Crippen LogP contribution >= 0.6 is 22.6 Å². The van der Waals surface area contributed by atoms with Gasteiger partial charge in [0.25, 0.3) is 0 Å². The molecule has 2 heteroatoms. The molecule has 0 aromatic heterocycles. The van der Waals surface area contributed by atoms with Gasteiger partial charge in [-0.2, -0.15) is 0 Å². The Bertz CT molecular complexity index is 292. The van der Waals surface area contributed by atoms with Gasteiger partial charge >= 0.3 is 0 Å². The Kier molecular flexibility index (Phi) is 3.71. The molecule has 0 N–H and O–H groups in total. The molecule has 0 bridgehead atoms. The molecule has 1 aromatic carbocycles. The van der Waals surface area contributed by atoms with Crippen LogP contribution in [0.1, 0.15) is 41.7 Å². The van der Waals surface area contributed by atoms with E-state index in [1.165, 1.54) is 0 Å². The molecule has 13 heavy (non-hydrogen) atoms. The summed E-state index contributed by atoms with van der Waals surface area (Å²) in [6.07, 6.45) is 0. The van der Waals surface area contributed by atoms with Crippen molar-refractivity contribution in [1.82, 2.24) is 0 Å². The van der Waals surface area contributed by atoms with Crippen LogP contribution in [0.15, 0.2) is 18.2 Å². The largest absolute Gasteiger partial charge is 0.207 e. The van der Waals surface area contributed by atoms with Gasteiger partial charge in [-0.3, -0.25) is 0 Å². The van der Waals surface area contributed by atoms with E-state index in [4.69, 9.17) is 0 Å². The molecule has 1 rings (SSSR count). The minimum Gasteiger partial charge on any atom is -0.207 e. The number of hydrogen-bond acceptors (Lipinski definition) is 0. The maximum atomic E-state index is 13.5. The van der Waals surface area contributed by atoms with Gasteiger partial charge in [-0.1, -0.05) is 48.6 Å². The van der Waals surface area contributed by atoms with E-state index in [1.807, 2.05) is 19.1 Å². The predicted octanol–water partition coefficient (Wildman–Crippen LogP) is 4.45. The molecule has 0 saturated carbocycles. The number of hydrogen-bond donors (Lipinski definition) is 0. The molecule has 1 aromatic rings. The average molecular weight is 292 g/mol. The molecule has 0 aliphatic heterocycles. The summed E-state index contributed by atoms with van der Waals surface area (Å²) in [5, 5.41) is 0. The van der Waals surface area contributed by atoms with Crippen molar-refractivity contribution in [3.8, 4) is 0 Å². The van der Waals surface area contributed by atoms with Crippen LogP contribution in [0.4, 0.5) is 4.39 Å². The van der Waals surface area contributed by atoms with Gasteiger partial charge in [0.15, 0.2) is 0 Å². The molecule has 0 aliphatic rings. The first-order chi connectivity index (χ1) is 6.02. The zero-order chi connectivity index (χ0) is 10.0. The Morgan fingerprint density at radius 1 is 1.23 bits per heavy atom. The summed E-state index contributed by atoms with van der Waals surface area (Å²) in [7, 11) is 0. The fourth-order valence-corrected chi connectivity index (χ4v) is 1.73. The monoisotopic (exact) mass is 292 g/mol. The van der Waals surface area contributed by atoms with Gasteiger partial charge < -0.3 is 0 Å². The van der Waals surface area contributed by atoms with E-state index < -0.39 is 0 Å². The molecular weight excluding hydrogens is 278 g/mol. The van der Waals surface area contributed by atoms with Crippen molar-refractivity contribution in [2.45, 2.75) is 30.6 Å². The highest BCUT2D eigenvalue weighted by Crippen LogP contribution is 2.27. The first-order valence-electron chi connectivity index (χ1n) is 4.45. The van der Waals surface area contributed by atoms with E-state index in [2.05, 4.69) is 36.4 Å². The van der Waals surface area contributed by atoms with Crippen molar-refractivity contribution in [3.05, 3.63) is 35.1 Å². The van der Waals surface area contributed by atoms with Gasteiger partial charge in [-0.25, -0.2) is 4.39 Å². The van der Waals surface area contributed by atoms with Crippen LogP contribution in [0.25, 0.3) is 0 Å². The second kappa shape index (κ2) is 4.40. The van der Waals surface area contributed by atoms with Crippen molar-refractivity contribution >= 4 is 22.6 Å². The van der Waals surface area contributed by atoms with Crippen LogP contribution in [0.3, 0.4) is 0 Å². The highest BCUT2D eigenvalue weighted by Gasteiger charge is 2.09. The third-order valence-electron chi connectivity index (χ3n) is 2.12. The lowest BCUT2D eigenvalue weighted by atomic mass is 10.0. The predicted molar refractivity (Wildman–Crippen MR) is 62.9 cm³/mol. The summed E-state index contributed by atoms with van der Waals surface area (Å²) in [5.74, 6) is 0.321. The van der Waals surface area contributed by atoms with Crippen molar-refractivity contribution in [1.29, 1.82) is 0 Å². The Morgan fingerprint density at radius 2 is 1.85 bits per heavy atom. The third kappa shape index (κ3) is 2.66. The molecule has 0 heterocycles. The fourth-order valence-electron chi connectivity index (χ4n) is 1.23. The molecule has 1 atom stereocenters. The molecule has 0 radical (unpaired) electrons. The molecule has 0 spiro atoms. The SMILES string of the molecule is CC(C)c1ccc(C(C)I)c(F)c1. The lowest BCUT2D eigenvalue weighted by Crippen LogP contribution is -1.94. The second-order valence-corrected chi connectivity index (χ2v) is 5.42. The van der Waals surface area contributed by atoms with Crippen molar-refractivity contribution in [3.63, 3.8) is 0 Å². The van der Waals surface area contributed by atoms with Crippen molar-refractivity contribution < 1.29 is 4.39 Å². The molecule has 1 unspecified atom stereocenters. The molecular formula is C11H14FI. The van der Waals surface area contributed by atoms with Crippen LogP contribution in [0.5, 0.6) is 0 Å².